The molecule has 0 spiro atoms. The molecule has 16 heteroatoms. The maximum absolute atomic E-state index is 13.7. The lowest BCUT2D eigenvalue weighted by molar-refractivity contribution is -0.319. The van der Waals surface area contributed by atoms with Crippen molar-refractivity contribution in [1.82, 2.24) is 0 Å². The van der Waals surface area contributed by atoms with Crippen LogP contribution in [0.2, 0.25) is 0 Å². The minimum Gasteiger partial charge on any atom is -0.508 e. The fourth-order valence-corrected chi connectivity index (χ4v) is 4.71. The van der Waals surface area contributed by atoms with Crippen LogP contribution in [0.25, 0.3) is 22.3 Å². The van der Waals surface area contributed by atoms with E-state index >= 15 is 0 Å². The highest BCUT2D eigenvalue weighted by Crippen LogP contribution is 2.40. The van der Waals surface area contributed by atoms with E-state index in [0.717, 1.165) is 24.3 Å². The number of phenolic OH excluding ortho intramolecular Hbond substituents is 4. The zero-order chi connectivity index (χ0) is 30.5. The summed E-state index contributed by atoms with van der Waals surface area (Å²) in [5.74, 6) is -3.39. The number of benzene rings is 2. The first kappa shape index (κ1) is 29.8. The highest BCUT2D eigenvalue weighted by Gasteiger charge is 2.53. The molecule has 2 saturated heterocycles. The van der Waals surface area contributed by atoms with Crippen molar-refractivity contribution >= 4 is 11.0 Å². The number of phenols is 4. The first-order chi connectivity index (χ1) is 19.9. The van der Waals surface area contributed by atoms with Crippen LogP contribution in [0, 0.1) is 0 Å². The van der Waals surface area contributed by atoms with E-state index in [1.54, 1.807) is 0 Å². The third-order valence-corrected chi connectivity index (χ3v) is 7.08. The van der Waals surface area contributed by atoms with Crippen molar-refractivity contribution in [3.63, 3.8) is 0 Å². The van der Waals surface area contributed by atoms with Gasteiger partial charge in [0.05, 0.1) is 19.8 Å². The quantitative estimate of drug-likeness (QED) is 0.131. The van der Waals surface area contributed by atoms with Gasteiger partial charge in [-0.05, 0) is 18.2 Å². The number of rotatable bonds is 7. The summed E-state index contributed by atoms with van der Waals surface area (Å²) in [4.78, 5) is 13.7. The Hall–Kier alpha value is -3.71. The van der Waals surface area contributed by atoms with Crippen molar-refractivity contribution in [1.29, 1.82) is 0 Å². The predicted octanol–water partition coefficient (Wildman–Crippen LogP) is -2.07. The second-order valence-corrected chi connectivity index (χ2v) is 9.94. The molecule has 0 aliphatic carbocycles. The standard InChI is InChI=1S/C26H28O16/c27-6-15-17(33)19(35)22(42-25-23(36)26(37,7-28)8-38-25)24(40-15)41-21-18(34)16-13(32)4-10(29)5-14(16)39-20(21)9-1-2-11(30)12(31)3-9/h1-5,15,17,19,22-25,27-33,35-37H,6-8H2/t15-,17+,19+,22-,23+,24+,25+,26-/m1/s1. The van der Waals surface area contributed by atoms with Crippen LogP contribution in [0.3, 0.4) is 0 Å². The molecule has 1 aromatic heterocycles. The predicted molar refractivity (Wildman–Crippen MR) is 136 cm³/mol. The molecule has 5 rings (SSSR count). The van der Waals surface area contributed by atoms with Gasteiger partial charge in [-0.1, -0.05) is 0 Å². The molecule has 10 N–H and O–H groups in total. The molecule has 3 aromatic rings. The molecule has 228 valence electrons. The number of ether oxygens (including phenoxy) is 4. The molecule has 16 nitrogen and oxygen atoms in total. The second-order valence-electron chi connectivity index (χ2n) is 9.94. The largest absolute Gasteiger partial charge is 0.508 e. The van der Waals surface area contributed by atoms with Gasteiger partial charge in [-0.3, -0.25) is 4.79 Å². The molecule has 2 aliphatic heterocycles. The van der Waals surface area contributed by atoms with Gasteiger partial charge in [0.15, 0.2) is 29.7 Å². The van der Waals surface area contributed by atoms with E-state index in [2.05, 4.69) is 0 Å². The second kappa shape index (κ2) is 11.2. The van der Waals surface area contributed by atoms with Crippen LogP contribution in [0.5, 0.6) is 28.7 Å². The third kappa shape index (κ3) is 5.08. The zero-order valence-corrected chi connectivity index (χ0v) is 21.5. The number of aromatic hydroxyl groups is 4. The van der Waals surface area contributed by atoms with Crippen LogP contribution in [0.1, 0.15) is 0 Å². The van der Waals surface area contributed by atoms with Crippen molar-refractivity contribution < 1.29 is 74.4 Å². The molecule has 2 fully saturated rings. The highest BCUT2D eigenvalue weighted by molar-refractivity contribution is 5.88. The lowest BCUT2D eigenvalue weighted by Crippen LogP contribution is -2.62. The van der Waals surface area contributed by atoms with Crippen molar-refractivity contribution in [2.75, 3.05) is 19.8 Å². The van der Waals surface area contributed by atoms with E-state index in [1.807, 2.05) is 0 Å². The summed E-state index contributed by atoms with van der Waals surface area (Å²) in [5.41, 5.74) is -3.51. The summed E-state index contributed by atoms with van der Waals surface area (Å²) in [6, 6.07) is 5.21. The van der Waals surface area contributed by atoms with Gasteiger partial charge in [0.25, 0.3) is 0 Å². The van der Waals surface area contributed by atoms with Crippen LogP contribution in [0.4, 0.5) is 0 Å². The first-order valence-corrected chi connectivity index (χ1v) is 12.5. The summed E-state index contributed by atoms with van der Waals surface area (Å²) < 4.78 is 28.0. The van der Waals surface area contributed by atoms with Crippen LogP contribution < -0.4 is 10.2 Å². The van der Waals surface area contributed by atoms with Crippen LogP contribution in [-0.2, 0) is 14.2 Å². The van der Waals surface area contributed by atoms with Gasteiger partial charge in [-0.2, -0.15) is 0 Å². The van der Waals surface area contributed by atoms with Gasteiger partial charge in [0.1, 0.15) is 52.5 Å². The van der Waals surface area contributed by atoms with Crippen LogP contribution in [-0.4, -0.2) is 120 Å². The Morgan fingerprint density at radius 1 is 0.929 bits per heavy atom. The molecule has 8 atom stereocenters. The smallest absolute Gasteiger partial charge is 0.239 e. The van der Waals surface area contributed by atoms with E-state index in [4.69, 9.17) is 23.4 Å². The van der Waals surface area contributed by atoms with Gasteiger partial charge in [-0.25, -0.2) is 0 Å². The van der Waals surface area contributed by atoms with Crippen LogP contribution in [0.15, 0.2) is 39.5 Å². The molecule has 0 unspecified atom stereocenters. The van der Waals surface area contributed by atoms with Crippen molar-refractivity contribution in [3.8, 4) is 40.1 Å². The molecule has 0 saturated carbocycles. The average molecular weight is 596 g/mol. The summed E-state index contributed by atoms with van der Waals surface area (Å²) in [7, 11) is 0. The van der Waals surface area contributed by atoms with Gasteiger partial charge < -0.3 is 74.4 Å². The minimum atomic E-state index is -2.12. The monoisotopic (exact) mass is 596 g/mol. The van der Waals surface area contributed by atoms with Crippen molar-refractivity contribution in [2.24, 2.45) is 0 Å². The van der Waals surface area contributed by atoms with E-state index in [0.29, 0.717) is 0 Å². The van der Waals surface area contributed by atoms with E-state index in [-0.39, 0.29) is 11.1 Å². The Kier molecular flexibility index (Phi) is 7.92. The molecule has 0 bridgehead atoms. The van der Waals surface area contributed by atoms with Gasteiger partial charge in [0.2, 0.25) is 17.5 Å². The Morgan fingerprint density at radius 2 is 1.67 bits per heavy atom. The normalized spacial score (nSPS) is 31.4. The van der Waals surface area contributed by atoms with E-state index < -0.39 is 114 Å². The van der Waals surface area contributed by atoms with E-state index in [9.17, 15) is 55.9 Å². The first-order valence-electron chi connectivity index (χ1n) is 12.5. The molecule has 3 heterocycles. The average Bonchev–Trinajstić information content (AvgIpc) is 3.23. The molecule has 0 radical (unpaired) electrons. The maximum atomic E-state index is 13.7. The lowest BCUT2D eigenvalue weighted by Gasteiger charge is -2.42. The number of hydrogen-bond donors (Lipinski definition) is 10. The number of fused-ring (bicyclic) bond motifs is 1. The fraction of sp³-hybridized carbons (Fsp3) is 0.423. The Morgan fingerprint density at radius 3 is 2.31 bits per heavy atom. The van der Waals surface area contributed by atoms with Crippen LogP contribution >= 0.6 is 0 Å². The molecule has 2 aliphatic rings. The van der Waals surface area contributed by atoms with E-state index in [1.165, 1.54) is 6.07 Å². The molecule has 42 heavy (non-hydrogen) atoms. The molecular weight excluding hydrogens is 568 g/mol. The number of aliphatic hydroxyl groups is 6. The summed E-state index contributed by atoms with van der Waals surface area (Å²) in [5, 5.41) is 101. The molecular formula is C26H28O16. The molecule has 2 aromatic carbocycles. The SMILES string of the molecule is O=c1c(O[C@@H]2O[C@H](CO)[C@H](O)[C@H](O)[C@H]2O[C@@H]2OC[C@](O)(CO)[C@H]2O)c(-c2ccc(O)c(O)c2)oc2cc(O)cc(O)c12. The number of hydrogen-bond acceptors (Lipinski definition) is 16. The van der Waals surface area contributed by atoms with Gasteiger partial charge >= 0.3 is 0 Å². The lowest BCUT2D eigenvalue weighted by atomic mass is 9.98. The zero-order valence-electron chi connectivity index (χ0n) is 21.5. The third-order valence-electron chi connectivity index (χ3n) is 7.08. The van der Waals surface area contributed by atoms with Gasteiger partial charge in [0, 0.05) is 17.7 Å². The van der Waals surface area contributed by atoms with Gasteiger partial charge in [-0.15, -0.1) is 0 Å². The minimum absolute atomic E-state index is 0.0442. The molecule has 0 amide bonds. The summed E-state index contributed by atoms with van der Waals surface area (Å²) >= 11 is 0. The summed E-state index contributed by atoms with van der Waals surface area (Å²) in [6.07, 6.45) is -12.3. The maximum Gasteiger partial charge on any atom is 0.239 e. The van der Waals surface area contributed by atoms with Crippen molar-refractivity contribution in [2.45, 2.75) is 48.7 Å². The summed E-state index contributed by atoms with van der Waals surface area (Å²) in [6.45, 7) is -2.31. The Labute approximate surface area is 235 Å². The number of aliphatic hydroxyl groups excluding tert-OH is 5. The Balaban J connectivity index is 1.62. The Bertz CT molecular complexity index is 1520. The topological polar surface area (TPSA) is 269 Å². The highest BCUT2D eigenvalue weighted by atomic mass is 16.8. The van der Waals surface area contributed by atoms with Crippen molar-refractivity contribution in [3.05, 3.63) is 40.6 Å². The fourth-order valence-electron chi connectivity index (χ4n) is 4.71.